The first-order valence-corrected chi connectivity index (χ1v) is 10.9. The Kier molecular flexibility index (Phi) is 6.29. The Bertz CT molecular complexity index is 797. The maximum atomic E-state index is 13.5. The quantitative estimate of drug-likeness (QED) is 0.802. The number of carboxylic acid groups (broad SMARTS) is 1. The van der Waals surface area contributed by atoms with Gasteiger partial charge in [0, 0.05) is 36.9 Å². The lowest BCUT2D eigenvalue weighted by Crippen LogP contribution is -2.60. The Morgan fingerprint density at radius 3 is 2.33 bits per heavy atom. The standard InChI is InChI=1S/C23H34FN3O3/c1-15(2)20(27(22(29)30)23(3,4)5)21(28)25-11-9-18(10-12-25)26-13-8-16-14-17(24)6-7-19(16)26/h6-7,14-15,18,20H,8-13H2,1-5H3,(H,29,30)/t20-/m0/s1. The summed E-state index contributed by atoms with van der Waals surface area (Å²) in [6.07, 6.45) is 1.44. The summed E-state index contributed by atoms with van der Waals surface area (Å²) in [5.41, 5.74) is 1.49. The number of likely N-dealkylation sites (tertiary alicyclic amines) is 1. The van der Waals surface area contributed by atoms with Crippen LogP contribution in [0.2, 0.25) is 0 Å². The van der Waals surface area contributed by atoms with Gasteiger partial charge in [-0.2, -0.15) is 0 Å². The van der Waals surface area contributed by atoms with Crippen LogP contribution in [0.3, 0.4) is 0 Å². The fraction of sp³-hybridized carbons (Fsp3) is 0.652. The molecule has 0 spiro atoms. The highest BCUT2D eigenvalue weighted by molar-refractivity contribution is 5.86. The number of carbonyl (C=O) groups is 2. The second-order valence-electron chi connectivity index (χ2n) is 9.79. The molecule has 1 N–H and O–H groups in total. The molecular weight excluding hydrogens is 385 g/mol. The molecule has 0 radical (unpaired) electrons. The molecule has 2 aliphatic heterocycles. The van der Waals surface area contributed by atoms with Crippen molar-refractivity contribution in [2.24, 2.45) is 5.92 Å². The molecule has 2 amide bonds. The maximum absolute atomic E-state index is 13.5. The van der Waals surface area contributed by atoms with Crippen LogP contribution in [0.15, 0.2) is 18.2 Å². The molecule has 7 heteroatoms. The van der Waals surface area contributed by atoms with E-state index in [2.05, 4.69) is 4.90 Å². The smallest absolute Gasteiger partial charge is 0.408 e. The molecule has 1 atom stereocenters. The number of halogens is 1. The first-order valence-electron chi connectivity index (χ1n) is 10.9. The average molecular weight is 420 g/mol. The van der Waals surface area contributed by atoms with Gasteiger partial charge in [0.2, 0.25) is 5.91 Å². The third-order valence-electron chi connectivity index (χ3n) is 6.28. The predicted octanol–water partition coefficient (Wildman–Crippen LogP) is 3.98. The first-order chi connectivity index (χ1) is 14.0. The zero-order valence-electron chi connectivity index (χ0n) is 18.7. The van der Waals surface area contributed by atoms with Crippen molar-refractivity contribution in [1.29, 1.82) is 0 Å². The number of piperidine rings is 1. The highest BCUT2D eigenvalue weighted by Crippen LogP contribution is 2.33. The van der Waals surface area contributed by atoms with Crippen molar-refractivity contribution in [2.75, 3.05) is 24.5 Å². The largest absolute Gasteiger partial charge is 0.465 e. The molecule has 2 aliphatic rings. The van der Waals surface area contributed by atoms with Gasteiger partial charge in [0.1, 0.15) is 11.9 Å². The van der Waals surface area contributed by atoms with Crippen LogP contribution in [0.5, 0.6) is 0 Å². The van der Waals surface area contributed by atoms with Crippen molar-refractivity contribution in [3.05, 3.63) is 29.6 Å². The molecule has 2 heterocycles. The number of hydrogen-bond acceptors (Lipinski definition) is 3. The van der Waals surface area contributed by atoms with Gasteiger partial charge >= 0.3 is 6.09 Å². The molecule has 0 aromatic heterocycles. The van der Waals surface area contributed by atoms with Gasteiger partial charge in [0.15, 0.2) is 0 Å². The van der Waals surface area contributed by atoms with Crippen molar-refractivity contribution < 1.29 is 19.1 Å². The van der Waals surface area contributed by atoms with E-state index in [9.17, 15) is 19.1 Å². The molecule has 0 saturated carbocycles. The van der Waals surface area contributed by atoms with Gasteiger partial charge in [-0.15, -0.1) is 0 Å². The number of rotatable bonds is 4. The van der Waals surface area contributed by atoms with E-state index < -0.39 is 17.7 Å². The molecule has 0 unspecified atom stereocenters. The van der Waals surface area contributed by atoms with Gasteiger partial charge in [-0.3, -0.25) is 9.69 Å². The number of carbonyl (C=O) groups excluding carboxylic acids is 1. The van der Waals surface area contributed by atoms with Crippen LogP contribution in [-0.2, 0) is 11.2 Å². The van der Waals surface area contributed by atoms with Crippen LogP contribution in [0, 0.1) is 11.7 Å². The normalized spacial score (nSPS) is 18.5. The molecule has 30 heavy (non-hydrogen) atoms. The molecule has 0 bridgehead atoms. The van der Waals surface area contributed by atoms with Crippen LogP contribution >= 0.6 is 0 Å². The molecule has 3 rings (SSSR count). The fourth-order valence-corrected chi connectivity index (χ4v) is 4.88. The van der Waals surface area contributed by atoms with Crippen LogP contribution in [0.4, 0.5) is 14.9 Å². The van der Waals surface area contributed by atoms with Crippen molar-refractivity contribution in [3.8, 4) is 0 Å². The molecule has 0 aliphatic carbocycles. The monoisotopic (exact) mass is 419 g/mol. The third kappa shape index (κ3) is 4.40. The summed E-state index contributed by atoms with van der Waals surface area (Å²) >= 11 is 0. The molecule has 166 valence electrons. The number of anilines is 1. The van der Waals surface area contributed by atoms with Gasteiger partial charge in [0.05, 0.1) is 0 Å². The van der Waals surface area contributed by atoms with Gasteiger partial charge in [0.25, 0.3) is 0 Å². The number of fused-ring (bicyclic) bond motifs is 1. The number of benzene rings is 1. The van der Waals surface area contributed by atoms with E-state index in [0.29, 0.717) is 19.1 Å². The minimum atomic E-state index is -1.06. The Morgan fingerprint density at radius 2 is 1.80 bits per heavy atom. The molecular formula is C23H34FN3O3. The van der Waals surface area contributed by atoms with Crippen LogP contribution < -0.4 is 4.90 Å². The lowest BCUT2D eigenvalue weighted by atomic mass is 9.94. The fourth-order valence-electron chi connectivity index (χ4n) is 4.88. The Hall–Kier alpha value is -2.31. The summed E-state index contributed by atoms with van der Waals surface area (Å²) in [5, 5.41) is 9.80. The first kappa shape index (κ1) is 22.4. The lowest BCUT2D eigenvalue weighted by Gasteiger charge is -2.44. The van der Waals surface area contributed by atoms with Crippen LogP contribution in [-0.4, -0.2) is 64.2 Å². The second-order valence-corrected chi connectivity index (χ2v) is 9.79. The van der Waals surface area contributed by atoms with Crippen LogP contribution in [0.1, 0.15) is 53.0 Å². The zero-order chi connectivity index (χ0) is 22.2. The maximum Gasteiger partial charge on any atom is 0.408 e. The number of nitrogens with zero attached hydrogens (tertiary/aromatic N) is 3. The van der Waals surface area contributed by atoms with Crippen LogP contribution in [0.25, 0.3) is 0 Å². The topological polar surface area (TPSA) is 64.1 Å². The van der Waals surface area contributed by atoms with Gasteiger partial charge in [-0.25, -0.2) is 9.18 Å². The predicted molar refractivity (Wildman–Crippen MR) is 115 cm³/mol. The summed E-state index contributed by atoms with van der Waals surface area (Å²) in [6, 6.07) is 4.61. The van der Waals surface area contributed by atoms with E-state index in [-0.39, 0.29) is 17.6 Å². The zero-order valence-corrected chi connectivity index (χ0v) is 18.7. The minimum absolute atomic E-state index is 0.107. The van der Waals surface area contributed by atoms with Crippen molar-refractivity contribution in [3.63, 3.8) is 0 Å². The highest BCUT2D eigenvalue weighted by Gasteiger charge is 2.42. The molecule has 1 saturated heterocycles. The second kappa shape index (κ2) is 8.44. The number of hydrogen-bond donors (Lipinski definition) is 1. The van der Waals surface area contributed by atoms with E-state index in [1.54, 1.807) is 6.07 Å². The minimum Gasteiger partial charge on any atom is -0.465 e. The van der Waals surface area contributed by atoms with Gasteiger partial charge < -0.3 is 14.9 Å². The third-order valence-corrected chi connectivity index (χ3v) is 6.28. The summed E-state index contributed by atoms with van der Waals surface area (Å²) in [6.45, 7) is 11.4. The highest BCUT2D eigenvalue weighted by atomic mass is 19.1. The Balaban J connectivity index is 1.69. The Morgan fingerprint density at radius 1 is 1.17 bits per heavy atom. The molecule has 6 nitrogen and oxygen atoms in total. The molecule has 1 fully saturated rings. The van der Waals surface area contributed by atoms with Crippen molar-refractivity contribution in [2.45, 2.75) is 71.5 Å². The molecule has 1 aromatic rings. The van der Waals surface area contributed by atoms with Gasteiger partial charge in [-0.05, 0) is 69.7 Å². The summed E-state index contributed by atoms with van der Waals surface area (Å²) in [7, 11) is 0. The van der Waals surface area contributed by atoms with Gasteiger partial charge in [-0.1, -0.05) is 13.8 Å². The van der Waals surface area contributed by atoms with E-state index in [4.69, 9.17) is 0 Å². The van der Waals surface area contributed by atoms with E-state index in [1.165, 1.54) is 11.0 Å². The van der Waals surface area contributed by atoms with E-state index in [1.807, 2.05) is 45.6 Å². The molecule has 1 aromatic carbocycles. The van der Waals surface area contributed by atoms with Crippen molar-refractivity contribution in [1.82, 2.24) is 9.80 Å². The number of amides is 2. The average Bonchev–Trinajstić information content (AvgIpc) is 3.07. The summed E-state index contributed by atoms with van der Waals surface area (Å²) < 4.78 is 13.5. The summed E-state index contributed by atoms with van der Waals surface area (Å²) in [4.78, 5) is 30.8. The lowest BCUT2D eigenvalue weighted by molar-refractivity contribution is -0.141. The SMILES string of the molecule is CC(C)[C@@H](C(=O)N1CCC(N2CCc3cc(F)ccc32)CC1)N(C(=O)O)C(C)(C)C. The summed E-state index contributed by atoms with van der Waals surface area (Å²) in [5.74, 6) is -0.423. The van der Waals surface area contributed by atoms with Crippen molar-refractivity contribution >= 4 is 17.7 Å². The van der Waals surface area contributed by atoms with E-state index in [0.717, 1.165) is 37.1 Å². The van der Waals surface area contributed by atoms with E-state index >= 15 is 0 Å². The Labute approximate surface area is 178 Å².